The average molecular weight is 415 g/mol. The maximum atomic E-state index is 13.7. The van der Waals surface area contributed by atoms with Gasteiger partial charge in [-0.1, -0.05) is 12.1 Å². The normalized spacial score (nSPS) is 20.5. The van der Waals surface area contributed by atoms with Crippen LogP contribution in [-0.2, 0) is 0 Å². The molecule has 158 valence electrons. The molecule has 0 spiro atoms. The van der Waals surface area contributed by atoms with Crippen molar-refractivity contribution in [3.8, 4) is 0 Å². The van der Waals surface area contributed by atoms with Crippen molar-refractivity contribution in [1.29, 1.82) is 0 Å². The van der Waals surface area contributed by atoms with Crippen molar-refractivity contribution in [3.63, 3.8) is 0 Å². The van der Waals surface area contributed by atoms with Gasteiger partial charge in [-0.3, -0.25) is 4.90 Å². The number of rotatable bonds is 3. The first kappa shape index (κ1) is 18.7. The first-order valence-electron chi connectivity index (χ1n) is 11.3. The molecule has 1 fully saturated rings. The molecule has 1 saturated heterocycles. The second-order valence-corrected chi connectivity index (χ2v) is 8.79. The van der Waals surface area contributed by atoms with Gasteiger partial charge in [-0.2, -0.15) is 0 Å². The molecular formula is C26H27FN4. The summed E-state index contributed by atoms with van der Waals surface area (Å²) >= 11 is 0. The van der Waals surface area contributed by atoms with Crippen LogP contribution in [0.2, 0.25) is 0 Å². The lowest BCUT2D eigenvalue weighted by atomic mass is 9.89. The van der Waals surface area contributed by atoms with Gasteiger partial charge in [0.05, 0.1) is 0 Å². The van der Waals surface area contributed by atoms with E-state index in [4.69, 9.17) is 0 Å². The standard InChI is InChI=1S/C26H27FN4/c27-19-6-9-25-22(16-19)23(17-29-25)18-4-7-20(8-5-18)30-12-14-31(15-13-30)26-3-1-2-24-21(26)10-11-28-24/h1-4,6,9-11,16-17,20,28-29H,5,7-8,12-15H2. The highest BCUT2D eigenvalue weighted by Crippen LogP contribution is 2.34. The minimum absolute atomic E-state index is 0.171. The van der Waals surface area contributed by atoms with Gasteiger partial charge in [0, 0.05) is 77.7 Å². The first-order chi connectivity index (χ1) is 15.3. The molecule has 3 heterocycles. The topological polar surface area (TPSA) is 38.1 Å². The number of hydrogen-bond donors (Lipinski definition) is 2. The van der Waals surface area contributed by atoms with Gasteiger partial charge in [-0.25, -0.2) is 4.39 Å². The minimum Gasteiger partial charge on any atom is -0.368 e. The molecule has 1 atom stereocenters. The number of allylic oxidation sites excluding steroid dienone is 1. The maximum Gasteiger partial charge on any atom is 0.123 e. The van der Waals surface area contributed by atoms with Crippen LogP contribution in [0.15, 0.2) is 60.9 Å². The molecule has 5 heteroatoms. The molecule has 2 aliphatic rings. The highest BCUT2D eigenvalue weighted by atomic mass is 19.1. The number of H-pyrrole nitrogens is 2. The molecule has 2 aromatic heterocycles. The molecule has 6 rings (SSSR count). The van der Waals surface area contributed by atoms with Gasteiger partial charge in [-0.15, -0.1) is 0 Å². The van der Waals surface area contributed by atoms with Crippen LogP contribution in [0, 0.1) is 5.82 Å². The van der Waals surface area contributed by atoms with Gasteiger partial charge in [0.1, 0.15) is 5.82 Å². The second-order valence-electron chi connectivity index (χ2n) is 8.79. The van der Waals surface area contributed by atoms with E-state index in [0.29, 0.717) is 6.04 Å². The third-order valence-electron chi connectivity index (χ3n) is 7.12. The number of benzene rings is 2. The van der Waals surface area contributed by atoms with Crippen molar-refractivity contribution >= 4 is 33.1 Å². The molecule has 4 nitrogen and oxygen atoms in total. The minimum atomic E-state index is -0.171. The second kappa shape index (κ2) is 7.57. The fourth-order valence-electron chi connectivity index (χ4n) is 5.43. The van der Waals surface area contributed by atoms with E-state index in [2.05, 4.69) is 50.1 Å². The lowest BCUT2D eigenvalue weighted by Gasteiger charge is -2.41. The zero-order valence-electron chi connectivity index (χ0n) is 17.6. The Hall–Kier alpha value is -3.05. The van der Waals surface area contributed by atoms with E-state index in [9.17, 15) is 4.39 Å². The van der Waals surface area contributed by atoms with Crippen molar-refractivity contribution in [3.05, 3.63) is 72.3 Å². The van der Waals surface area contributed by atoms with E-state index in [1.165, 1.54) is 34.7 Å². The Morgan fingerprint density at radius 3 is 2.61 bits per heavy atom. The Balaban J connectivity index is 1.13. The number of hydrogen-bond acceptors (Lipinski definition) is 2. The molecule has 0 saturated carbocycles. The molecule has 4 aromatic rings. The van der Waals surface area contributed by atoms with Crippen molar-refractivity contribution in [1.82, 2.24) is 14.9 Å². The van der Waals surface area contributed by atoms with E-state index in [-0.39, 0.29) is 5.82 Å². The summed E-state index contributed by atoms with van der Waals surface area (Å²) in [6, 6.07) is 14.3. The third kappa shape index (κ3) is 3.33. The van der Waals surface area contributed by atoms with Crippen molar-refractivity contribution in [2.45, 2.75) is 25.3 Å². The Morgan fingerprint density at radius 1 is 0.903 bits per heavy atom. The Bertz CT molecular complexity index is 1260. The Morgan fingerprint density at radius 2 is 1.77 bits per heavy atom. The maximum absolute atomic E-state index is 13.7. The number of nitrogens with zero attached hydrogens (tertiary/aromatic N) is 2. The van der Waals surface area contributed by atoms with Crippen LogP contribution in [0.3, 0.4) is 0 Å². The molecule has 0 amide bonds. The van der Waals surface area contributed by atoms with Crippen molar-refractivity contribution in [2.75, 3.05) is 31.1 Å². The molecule has 2 aromatic carbocycles. The molecule has 31 heavy (non-hydrogen) atoms. The molecule has 1 unspecified atom stereocenters. The molecule has 1 aliphatic carbocycles. The predicted molar refractivity (Wildman–Crippen MR) is 126 cm³/mol. The average Bonchev–Trinajstić information content (AvgIpc) is 3.46. The van der Waals surface area contributed by atoms with Crippen LogP contribution in [-0.4, -0.2) is 47.1 Å². The SMILES string of the molecule is Fc1ccc2[nH]cc(C3=CCC(N4CCN(c5cccc6[nH]ccc56)CC4)CC3)c2c1. The zero-order chi connectivity index (χ0) is 20.8. The summed E-state index contributed by atoms with van der Waals surface area (Å²) in [5, 5.41) is 2.31. The van der Waals surface area contributed by atoms with E-state index < -0.39 is 0 Å². The third-order valence-corrected chi connectivity index (χ3v) is 7.12. The molecule has 1 aliphatic heterocycles. The monoisotopic (exact) mass is 414 g/mol. The van der Waals surface area contributed by atoms with Gasteiger partial charge in [0.15, 0.2) is 0 Å². The van der Waals surface area contributed by atoms with Crippen LogP contribution in [0.1, 0.15) is 24.8 Å². The van der Waals surface area contributed by atoms with Crippen LogP contribution in [0.5, 0.6) is 0 Å². The number of anilines is 1. The van der Waals surface area contributed by atoms with Crippen LogP contribution < -0.4 is 4.90 Å². The number of aromatic amines is 2. The summed E-state index contributed by atoms with van der Waals surface area (Å²) in [5.41, 5.74) is 6.08. The van der Waals surface area contributed by atoms with Gasteiger partial charge in [0.2, 0.25) is 0 Å². The highest BCUT2D eigenvalue weighted by Gasteiger charge is 2.26. The summed E-state index contributed by atoms with van der Waals surface area (Å²) in [6.45, 7) is 4.35. The summed E-state index contributed by atoms with van der Waals surface area (Å²) in [6.07, 6.45) is 9.74. The van der Waals surface area contributed by atoms with E-state index in [1.54, 1.807) is 6.07 Å². The first-order valence-corrected chi connectivity index (χ1v) is 11.3. The van der Waals surface area contributed by atoms with Crippen LogP contribution >= 0.6 is 0 Å². The lowest BCUT2D eigenvalue weighted by Crippen LogP contribution is -2.50. The lowest BCUT2D eigenvalue weighted by molar-refractivity contribution is 0.175. The molecule has 2 N–H and O–H groups in total. The fraction of sp³-hybridized carbons (Fsp3) is 0.308. The quantitative estimate of drug-likeness (QED) is 0.461. The Labute approximate surface area is 181 Å². The predicted octanol–water partition coefficient (Wildman–Crippen LogP) is 5.55. The summed E-state index contributed by atoms with van der Waals surface area (Å²) in [7, 11) is 0. The molecular weight excluding hydrogens is 387 g/mol. The zero-order valence-corrected chi connectivity index (χ0v) is 17.6. The fourth-order valence-corrected chi connectivity index (χ4v) is 5.43. The molecule has 0 bridgehead atoms. The summed E-state index contributed by atoms with van der Waals surface area (Å²) in [4.78, 5) is 11.8. The Kier molecular flexibility index (Phi) is 4.57. The van der Waals surface area contributed by atoms with E-state index >= 15 is 0 Å². The smallest absolute Gasteiger partial charge is 0.123 e. The largest absolute Gasteiger partial charge is 0.368 e. The summed E-state index contributed by atoms with van der Waals surface area (Å²) < 4.78 is 13.7. The number of piperazine rings is 1. The van der Waals surface area contributed by atoms with Gasteiger partial charge < -0.3 is 14.9 Å². The van der Waals surface area contributed by atoms with Crippen molar-refractivity contribution < 1.29 is 4.39 Å². The number of aromatic nitrogens is 2. The number of nitrogens with one attached hydrogen (secondary N) is 2. The highest BCUT2D eigenvalue weighted by molar-refractivity contribution is 5.93. The van der Waals surface area contributed by atoms with Crippen LogP contribution in [0.25, 0.3) is 27.4 Å². The van der Waals surface area contributed by atoms with Gasteiger partial charge >= 0.3 is 0 Å². The van der Waals surface area contributed by atoms with Gasteiger partial charge in [-0.05, 0) is 61.2 Å². The van der Waals surface area contributed by atoms with E-state index in [1.807, 2.05) is 18.5 Å². The van der Waals surface area contributed by atoms with Gasteiger partial charge in [0.25, 0.3) is 0 Å². The van der Waals surface area contributed by atoms with Crippen molar-refractivity contribution in [2.24, 2.45) is 0 Å². The molecule has 0 radical (unpaired) electrons. The number of halogens is 1. The van der Waals surface area contributed by atoms with E-state index in [0.717, 1.165) is 55.5 Å². The number of fused-ring (bicyclic) bond motifs is 2. The van der Waals surface area contributed by atoms with Crippen LogP contribution in [0.4, 0.5) is 10.1 Å². The summed E-state index contributed by atoms with van der Waals surface area (Å²) in [5.74, 6) is -0.171.